The number of benzene rings is 1. The molecule has 0 radical (unpaired) electrons. The molecule has 1 aliphatic heterocycles. The summed E-state index contributed by atoms with van der Waals surface area (Å²) >= 11 is 0. The molecule has 1 aromatic carbocycles. The lowest BCUT2D eigenvalue weighted by Gasteiger charge is -2.34. The van der Waals surface area contributed by atoms with E-state index in [-0.39, 0.29) is 24.8 Å². The molecule has 0 amide bonds. The Morgan fingerprint density at radius 3 is 2.41 bits per heavy atom. The first-order valence-electron chi connectivity index (χ1n) is 9.26. The molecule has 1 aliphatic carbocycles. The SMILES string of the molecule is Cl.Cl.NC1CC(c2cc(N3CCC(OCc4ccccc4)CC3)ncn2)C1. The number of hydrogen-bond acceptors (Lipinski definition) is 5. The fourth-order valence-electron chi connectivity index (χ4n) is 3.70. The van der Waals surface area contributed by atoms with Gasteiger partial charge in [-0.2, -0.15) is 0 Å². The van der Waals surface area contributed by atoms with Gasteiger partial charge in [-0.1, -0.05) is 30.3 Å². The molecule has 2 aromatic rings. The summed E-state index contributed by atoms with van der Waals surface area (Å²) in [7, 11) is 0. The molecule has 4 rings (SSSR count). The Morgan fingerprint density at radius 1 is 1.04 bits per heavy atom. The van der Waals surface area contributed by atoms with Gasteiger partial charge in [-0.3, -0.25) is 0 Å². The van der Waals surface area contributed by atoms with Gasteiger partial charge in [0.25, 0.3) is 0 Å². The molecule has 5 nitrogen and oxygen atoms in total. The maximum Gasteiger partial charge on any atom is 0.132 e. The van der Waals surface area contributed by atoms with Crippen LogP contribution in [0.1, 0.15) is 42.9 Å². The van der Waals surface area contributed by atoms with Gasteiger partial charge < -0.3 is 15.4 Å². The first-order chi connectivity index (χ1) is 12.3. The Bertz CT molecular complexity index is 689. The van der Waals surface area contributed by atoms with E-state index in [1.54, 1.807) is 6.33 Å². The maximum absolute atomic E-state index is 6.08. The second-order valence-corrected chi connectivity index (χ2v) is 7.21. The van der Waals surface area contributed by atoms with E-state index >= 15 is 0 Å². The van der Waals surface area contributed by atoms with Crippen LogP contribution < -0.4 is 10.6 Å². The number of nitrogens with zero attached hydrogens (tertiary/aromatic N) is 3. The number of ether oxygens (including phenoxy) is 1. The quantitative estimate of drug-likeness (QED) is 0.813. The highest BCUT2D eigenvalue weighted by Crippen LogP contribution is 2.35. The summed E-state index contributed by atoms with van der Waals surface area (Å²) in [4.78, 5) is 11.3. The average molecular weight is 411 g/mol. The number of aromatic nitrogens is 2. The summed E-state index contributed by atoms with van der Waals surface area (Å²) in [6, 6.07) is 12.9. The van der Waals surface area contributed by atoms with E-state index in [4.69, 9.17) is 10.5 Å². The smallest absolute Gasteiger partial charge is 0.132 e. The van der Waals surface area contributed by atoms with Crippen LogP contribution >= 0.6 is 24.8 Å². The molecule has 0 spiro atoms. The summed E-state index contributed by atoms with van der Waals surface area (Å²) < 4.78 is 6.08. The first-order valence-corrected chi connectivity index (χ1v) is 9.26. The summed E-state index contributed by atoms with van der Waals surface area (Å²) in [5.74, 6) is 1.57. The van der Waals surface area contributed by atoms with Gasteiger partial charge in [-0.15, -0.1) is 24.8 Å². The third kappa shape index (κ3) is 5.55. The highest BCUT2D eigenvalue weighted by atomic mass is 35.5. The largest absolute Gasteiger partial charge is 0.373 e. The van der Waals surface area contributed by atoms with E-state index in [1.165, 1.54) is 5.56 Å². The molecule has 148 valence electrons. The van der Waals surface area contributed by atoms with Crippen LogP contribution in [0.2, 0.25) is 0 Å². The monoisotopic (exact) mass is 410 g/mol. The molecule has 27 heavy (non-hydrogen) atoms. The van der Waals surface area contributed by atoms with E-state index < -0.39 is 0 Å². The van der Waals surface area contributed by atoms with Crippen molar-refractivity contribution in [1.29, 1.82) is 0 Å². The predicted molar refractivity (Wildman–Crippen MR) is 113 cm³/mol. The van der Waals surface area contributed by atoms with Gasteiger partial charge in [-0.25, -0.2) is 9.97 Å². The molecule has 0 bridgehead atoms. The number of halogens is 2. The Balaban J connectivity index is 0.00000131. The maximum atomic E-state index is 6.08. The minimum absolute atomic E-state index is 0. The van der Waals surface area contributed by atoms with Crippen LogP contribution in [-0.4, -0.2) is 35.2 Å². The third-order valence-electron chi connectivity index (χ3n) is 5.36. The lowest BCUT2D eigenvalue weighted by Crippen LogP contribution is -2.38. The van der Waals surface area contributed by atoms with Crippen molar-refractivity contribution in [1.82, 2.24) is 9.97 Å². The fourth-order valence-corrected chi connectivity index (χ4v) is 3.70. The van der Waals surface area contributed by atoms with Crippen LogP contribution in [0, 0.1) is 0 Å². The lowest BCUT2D eigenvalue weighted by atomic mass is 9.78. The molecule has 2 N–H and O–H groups in total. The number of anilines is 1. The van der Waals surface area contributed by atoms with Crippen molar-refractivity contribution in [2.24, 2.45) is 5.73 Å². The van der Waals surface area contributed by atoms with Crippen molar-refractivity contribution in [3.05, 3.63) is 54.0 Å². The number of nitrogens with two attached hydrogens (primary N) is 1. The highest BCUT2D eigenvalue weighted by molar-refractivity contribution is 5.85. The predicted octanol–water partition coefficient (Wildman–Crippen LogP) is 3.71. The second kappa shape index (κ2) is 10.2. The van der Waals surface area contributed by atoms with Crippen molar-refractivity contribution in [2.75, 3.05) is 18.0 Å². The zero-order valence-electron chi connectivity index (χ0n) is 15.4. The van der Waals surface area contributed by atoms with Gasteiger partial charge in [0.2, 0.25) is 0 Å². The Kier molecular flexibility index (Phi) is 8.29. The van der Waals surface area contributed by atoms with Gasteiger partial charge in [0.05, 0.1) is 12.7 Å². The highest BCUT2D eigenvalue weighted by Gasteiger charge is 2.29. The van der Waals surface area contributed by atoms with Crippen molar-refractivity contribution in [3.8, 4) is 0 Å². The standard InChI is InChI=1S/C20H26N4O.2ClH/c21-17-10-16(11-17)19-12-20(23-14-22-19)24-8-6-18(7-9-24)25-13-15-4-2-1-3-5-15;;/h1-5,12,14,16-18H,6-11,13,21H2;2*1H. The zero-order valence-corrected chi connectivity index (χ0v) is 17.0. The first kappa shape index (κ1) is 21.9. The summed E-state index contributed by atoms with van der Waals surface area (Å²) in [5.41, 5.74) is 8.29. The Hall–Kier alpha value is -1.40. The number of hydrogen-bond donors (Lipinski definition) is 1. The van der Waals surface area contributed by atoms with Crippen LogP contribution in [0.15, 0.2) is 42.7 Å². The van der Waals surface area contributed by atoms with Crippen molar-refractivity contribution < 1.29 is 4.74 Å². The molecule has 2 heterocycles. The van der Waals surface area contributed by atoms with Gasteiger partial charge in [0, 0.05) is 36.8 Å². The molecule has 1 aromatic heterocycles. The molecular formula is C20H28Cl2N4O. The molecule has 0 unspecified atom stereocenters. The van der Waals surface area contributed by atoms with Gasteiger partial charge >= 0.3 is 0 Å². The van der Waals surface area contributed by atoms with E-state index in [0.717, 1.165) is 50.3 Å². The molecule has 0 atom stereocenters. The van der Waals surface area contributed by atoms with Gasteiger partial charge in [0.15, 0.2) is 0 Å². The Labute approximate surface area is 173 Å². The minimum atomic E-state index is 0. The number of rotatable bonds is 5. The molecule has 1 saturated heterocycles. The molecule has 2 aliphatic rings. The summed E-state index contributed by atoms with van der Waals surface area (Å²) in [6.07, 6.45) is 6.22. The van der Waals surface area contributed by atoms with Crippen LogP contribution in [0.25, 0.3) is 0 Å². The van der Waals surface area contributed by atoms with Crippen LogP contribution in [0.5, 0.6) is 0 Å². The van der Waals surface area contributed by atoms with E-state index in [0.29, 0.717) is 24.7 Å². The average Bonchev–Trinajstić information content (AvgIpc) is 2.65. The summed E-state index contributed by atoms with van der Waals surface area (Å²) in [6.45, 7) is 2.67. The van der Waals surface area contributed by atoms with Gasteiger partial charge in [-0.05, 0) is 31.2 Å². The van der Waals surface area contributed by atoms with Crippen molar-refractivity contribution in [2.45, 2.75) is 50.4 Å². The molecule has 1 saturated carbocycles. The number of piperidine rings is 1. The van der Waals surface area contributed by atoms with Gasteiger partial charge in [0.1, 0.15) is 12.1 Å². The van der Waals surface area contributed by atoms with E-state index in [2.05, 4.69) is 45.2 Å². The van der Waals surface area contributed by atoms with E-state index in [9.17, 15) is 0 Å². The molecular weight excluding hydrogens is 383 g/mol. The summed E-state index contributed by atoms with van der Waals surface area (Å²) in [5, 5.41) is 0. The van der Waals surface area contributed by atoms with Crippen LogP contribution in [0.4, 0.5) is 5.82 Å². The fraction of sp³-hybridized carbons (Fsp3) is 0.500. The molecule has 7 heteroatoms. The van der Waals surface area contributed by atoms with Crippen molar-refractivity contribution >= 4 is 30.6 Å². The normalized spacial score (nSPS) is 22.3. The second-order valence-electron chi connectivity index (χ2n) is 7.21. The van der Waals surface area contributed by atoms with Crippen LogP contribution in [-0.2, 0) is 11.3 Å². The van der Waals surface area contributed by atoms with Crippen LogP contribution in [0.3, 0.4) is 0 Å². The topological polar surface area (TPSA) is 64.3 Å². The van der Waals surface area contributed by atoms with Crippen molar-refractivity contribution in [3.63, 3.8) is 0 Å². The third-order valence-corrected chi connectivity index (χ3v) is 5.36. The van der Waals surface area contributed by atoms with E-state index in [1.807, 2.05) is 6.07 Å². The zero-order chi connectivity index (χ0) is 17.1. The molecule has 2 fully saturated rings. The lowest BCUT2D eigenvalue weighted by molar-refractivity contribution is 0.0250. The Morgan fingerprint density at radius 2 is 1.74 bits per heavy atom. The minimum Gasteiger partial charge on any atom is -0.373 e.